The normalized spacial score (nSPS) is 11.2. The first-order valence-electron chi connectivity index (χ1n) is 10.4. The quantitative estimate of drug-likeness (QED) is 0.332. The summed E-state index contributed by atoms with van der Waals surface area (Å²) in [5.74, 6) is 1.99. The number of methoxy groups -OCH3 is 3. The zero-order valence-electron chi connectivity index (χ0n) is 19.0. The average Bonchev–Trinajstić information content (AvgIpc) is 2.87. The van der Waals surface area contributed by atoms with Gasteiger partial charge in [0, 0.05) is 11.1 Å². The molecule has 174 valence electrons. The van der Waals surface area contributed by atoms with E-state index in [0.717, 1.165) is 11.1 Å². The molecule has 0 aliphatic carbocycles. The van der Waals surface area contributed by atoms with Gasteiger partial charge in [-0.3, -0.25) is 4.55 Å². The highest BCUT2D eigenvalue weighted by Gasteiger charge is 2.24. The Labute approximate surface area is 199 Å². The van der Waals surface area contributed by atoms with Crippen molar-refractivity contribution in [3.05, 3.63) is 84.9 Å². The summed E-state index contributed by atoms with van der Waals surface area (Å²) in [7, 11) is 0.133. The topological polar surface area (TPSA) is 82.1 Å². The van der Waals surface area contributed by atoms with Crippen LogP contribution in [0, 0.1) is 0 Å². The van der Waals surface area contributed by atoms with E-state index < -0.39 is 10.1 Å². The van der Waals surface area contributed by atoms with Gasteiger partial charge >= 0.3 is 0 Å². The van der Waals surface area contributed by atoms with Crippen LogP contribution in [0.15, 0.2) is 89.8 Å². The SMILES string of the molecule is COc1ccc(-c2cc(-c3ccc(OC)cc3)c(S(=O)(=O)O)c(-c3ccc(OC)cc3)c2)cc1. The van der Waals surface area contributed by atoms with Crippen LogP contribution in [0.5, 0.6) is 17.2 Å². The Morgan fingerprint density at radius 3 is 1.15 bits per heavy atom. The van der Waals surface area contributed by atoms with Crippen LogP contribution in [0.25, 0.3) is 33.4 Å². The van der Waals surface area contributed by atoms with Gasteiger partial charge < -0.3 is 14.2 Å². The molecular formula is C27H24O6S. The lowest BCUT2D eigenvalue weighted by molar-refractivity contribution is 0.415. The van der Waals surface area contributed by atoms with Crippen molar-refractivity contribution >= 4 is 10.1 Å². The van der Waals surface area contributed by atoms with Crippen LogP contribution in [-0.4, -0.2) is 34.3 Å². The van der Waals surface area contributed by atoms with Gasteiger partial charge in [0.2, 0.25) is 0 Å². The van der Waals surface area contributed by atoms with Crippen molar-refractivity contribution in [3.8, 4) is 50.6 Å². The molecule has 0 saturated carbocycles. The van der Waals surface area contributed by atoms with E-state index >= 15 is 0 Å². The van der Waals surface area contributed by atoms with Gasteiger partial charge in [-0.05, 0) is 70.8 Å². The third-order valence-electron chi connectivity index (χ3n) is 5.57. The van der Waals surface area contributed by atoms with Crippen LogP contribution in [0.4, 0.5) is 0 Å². The first-order chi connectivity index (χ1) is 16.3. The Bertz CT molecular complexity index is 1320. The fraction of sp³-hybridized carbons (Fsp3) is 0.111. The average molecular weight is 477 g/mol. The Morgan fingerprint density at radius 2 is 0.853 bits per heavy atom. The second kappa shape index (κ2) is 9.59. The Hall–Kier alpha value is -3.81. The van der Waals surface area contributed by atoms with Gasteiger partial charge in [0.25, 0.3) is 10.1 Å². The van der Waals surface area contributed by atoms with Crippen LogP contribution in [0.3, 0.4) is 0 Å². The standard InChI is InChI=1S/C27H24O6S/c1-31-22-10-4-18(5-11-22)21-16-25(19-6-12-23(32-2)13-7-19)27(34(28,29)30)26(17-21)20-8-14-24(33-3)15-9-20/h4-17H,1-3H3,(H,28,29,30). The Balaban J connectivity index is 2.03. The molecular weight excluding hydrogens is 452 g/mol. The first-order valence-corrected chi connectivity index (χ1v) is 11.9. The maximum Gasteiger partial charge on any atom is 0.295 e. The van der Waals surface area contributed by atoms with E-state index in [1.165, 1.54) is 0 Å². The largest absolute Gasteiger partial charge is 0.497 e. The van der Waals surface area contributed by atoms with Crippen molar-refractivity contribution < 1.29 is 27.2 Å². The summed E-state index contributed by atoms with van der Waals surface area (Å²) in [5.41, 5.74) is 3.66. The highest BCUT2D eigenvalue weighted by atomic mass is 32.2. The van der Waals surface area contributed by atoms with Crippen molar-refractivity contribution in [1.82, 2.24) is 0 Å². The van der Waals surface area contributed by atoms with Crippen LogP contribution < -0.4 is 14.2 Å². The van der Waals surface area contributed by atoms with E-state index in [1.807, 2.05) is 24.3 Å². The first kappa shape index (κ1) is 23.4. The van der Waals surface area contributed by atoms with Crippen LogP contribution in [0.1, 0.15) is 0 Å². The van der Waals surface area contributed by atoms with Gasteiger partial charge in [-0.15, -0.1) is 0 Å². The molecule has 1 N–H and O–H groups in total. The van der Waals surface area contributed by atoms with Crippen molar-refractivity contribution in [3.63, 3.8) is 0 Å². The summed E-state index contributed by atoms with van der Waals surface area (Å²) in [4.78, 5) is -0.167. The molecule has 4 rings (SSSR count). The molecule has 4 aromatic rings. The lowest BCUT2D eigenvalue weighted by Crippen LogP contribution is -2.04. The summed E-state index contributed by atoms with van der Waals surface area (Å²) in [6, 6.07) is 25.0. The number of rotatable bonds is 7. The van der Waals surface area contributed by atoms with Gasteiger partial charge in [-0.2, -0.15) is 8.42 Å². The van der Waals surface area contributed by atoms with Crippen molar-refractivity contribution in [2.45, 2.75) is 4.90 Å². The number of hydrogen-bond acceptors (Lipinski definition) is 5. The van der Waals surface area contributed by atoms with Gasteiger partial charge in [0.1, 0.15) is 22.1 Å². The molecule has 6 nitrogen and oxygen atoms in total. The van der Waals surface area contributed by atoms with E-state index in [9.17, 15) is 13.0 Å². The summed E-state index contributed by atoms with van der Waals surface area (Å²) >= 11 is 0. The van der Waals surface area contributed by atoms with Gasteiger partial charge in [-0.25, -0.2) is 0 Å². The maximum absolute atomic E-state index is 12.7. The smallest absolute Gasteiger partial charge is 0.295 e. The molecule has 0 saturated heterocycles. The molecule has 0 amide bonds. The summed E-state index contributed by atoms with van der Waals surface area (Å²) in [5, 5.41) is 0. The van der Waals surface area contributed by atoms with Gasteiger partial charge in [-0.1, -0.05) is 36.4 Å². The van der Waals surface area contributed by atoms with E-state index in [2.05, 4.69) is 0 Å². The predicted molar refractivity (Wildman–Crippen MR) is 132 cm³/mol. The zero-order valence-corrected chi connectivity index (χ0v) is 19.8. The Kier molecular flexibility index (Phi) is 6.58. The number of hydrogen-bond donors (Lipinski definition) is 1. The molecule has 0 aromatic heterocycles. The molecule has 0 fully saturated rings. The molecule has 0 heterocycles. The third kappa shape index (κ3) is 4.76. The monoisotopic (exact) mass is 476 g/mol. The van der Waals surface area contributed by atoms with Crippen LogP contribution in [-0.2, 0) is 10.1 Å². The fourth-order valence-corrected chi connectivity index (χ4v) is 4.74. The van der Waals surface area contributed by atoms with Crippen LogP contribution in [0.2, 0.25) is 0 Å². The molecule has 0 bridgehead atoms. The van der Waals surface area contributed by atoms with Crippen molar-refractivity contribution in [2.24, 2.45) is 0 Å². The van der Waals surface area contributed by atoms with E-state index in [4.69, 9.17) is 14.2 Å². The van der Waals surface area contributed by atoms with Gasteiger partial charge in [0.05, 0.1) is 21.3 Å². The number of ether oxygens (including phenoxy) is 3. The van der Waals surface area contributed by atoms with E-state index in [0.29, 0.717) is 39.5 Å². The highest BCUT2D eigenvalue weighted by molar-refractivity contribution is 7.86. The minimum Gasteiger partial charge on any atom is -0.497 e. The summed E-state index contributed by atoms with van der Waals surface area (Å²) < 4.78 is 51.4. The lowest BCUT2D eigenvalue weighted by atomic mass is 9.93. The molecule has 7 heteroatoms. The molecule has 0 unspecified atom stereocenters. The van der Waals surface area contributed by atoms with Gasteiger partial charge in [0.15, 0.2) is 0 Å². The highest BCUT2D eigenvalue weighted by Crippen LogP contribution is 2.41. The molecule has 0 aliphatic heterocycles. The predicted octanol–water partition coefficient (Wildman–Crippen LogP) is 5.96. The molecule has 34 heavy (non-hydrogen) atoms. The maximum atomic E-state index is 12.7. The molecule has 4 aromatic carbocycles. The summed E-state index contributed by atoms with van der Waals surface area (Å²) in [6.07, 6.45) is 0. The minimum absolute atomic E-state index is 0.167. The summed E-state index contributed by atoms with van der Waals surface area (Å²) in [6.45, 7) is 0. The Morgan fingerprint density at radius 1 is 0.529 bits per heavy atom. The van der Waals surface area contributed by atoms with E-state index in [1.54, 1.807) is 82.0 Å². The fourth-order valence-electron chi connectivity index (χ4n) is 3.83. The van der Waals surface area contributed by atoms with Crippen molar-refractivity contribution in [1.29, 1.82) is 0 Å². The molecule has 0 spiro atoms. The molecule has 0 radical (unpaired) electrons. The second-order valence-corrected chi connectivity index (χ2v) is 8.92. The minimum atomic E-state index is -4.58. The zero-order chi connectivity index (χ0) is 24.3. The lowest BCUT2D eigenvalue weighted by Gasteiger charge is -2.17. The molecule has 0 atom stereocenters. The van der Waals surface area contributed by atoms with Crippen molar-refractivity contribution in [2.75, 3.05) is 21.3 Å². The van der Waals surface area contributed by atoms with Crippen LogP contribution >= 0.6 is 0 Å². The number of benzene rings is 4. The third-order valence-corrected chi connectivity index (χ3v) is 6.53. The molecule has 0 aliphatic rings. The second-order valence-electron chi connectivity index (χ2n) is 7.56. The van der Waals surface area contributed by atoms with E-state index in [-0.39, 0.29) is 4.90 Å².